The number of amides is 1. The third-order valence-electron chi connectivity index (χ3n) is 5.60. The molecule has 1 atom stereocenters. The van der Waals surface area contributed by atoms with Crippen molar-refractivity contribution in [2.24, 2.45) is 7.05 Å². The minimum absolute atomic E-state index is 0.0103. The summed E-state index contributed by atoms with van der Waals surface area (Å²) in [5.41, 5.74) is 5.48. The van der Waals surface area contributed by atoms with E-state index in [1.165, 1.54) is 23.3 Å². The van der Waals surface area contributed by atoms with E-state index in [9.17, 15) is 9.18 Å². The quantitative estimate of drug-likeness (QED) is 0.690. The molecule has 1 amide bonds. The van der Waals surface area contributed by atoms with E-state index >= 15 is 0 Å². The summed E-state index contributed by atoms with van der Waals surface area (Å²) >= 11 is 1.62. The molecule has 0 fully saturated rings. The number of aromatic nitrogens is 2. The monoisotopic (exact) mass is 393 g/mol. The predicted molar refractivity (Wildman–Crippen MR) is 108 cm³/mol. The topological polar surface area (TPSA) is 46.9 Å². The highest BCUT2D eigenvalue weighted by atomic mass is 32.2. The molecule has 0 unspecified atom stereocenters. The van der Waals surface area contributed by atoms with Gasteiger partial charge in [0.1, 0.15) is 5.82 Å². The van der Waals surface area contributed by atoms with E-state index in [0.717, 1.165) is 41.0 Å². The Hall–Kier alpha value is -2.60. The van der Waals surface area contributed by atoms with Crippen molar-refractivity contribution >= 4 is 17.7 Å². The maximum absolute atomic E-state index is 13.8. The van der Waals surface area contributed by atoms with Crippen molar-refractivity contribution in [3.05, 3.63) is 70.7 Å². The molecule has 6 heteroatoms. The molecule has 2 aliphatic rings. The Kier molecular flexibility index (Phi) is 4.23. The van der Waals surface area contributed by atoms with Gasteiger partial charge in [-0.1, -0.05) is 24.3 Å². The number of nitrogens with one attached hydrogen (secondary N) is 1. The Morgan fingerprint density at radius 1 is 1.29 bits per heavy atom. The second-order valence-corrected chi connectivity index (χ2v) is 8.36. The van der Waals surface area contributed by atoms with Gasteiger partial charge in [0.05, 0.1) is 11.7 Å². The summed E-state index contributed by atoms with van der Waals surface area (Å²) in [6, 6.07) is 13.1. The summed E-state index contributed by atoms with van der Waals surface area (Å²) in [6.07, 6.45) is 3.05. The van der Waals surface area contributed by atoms with Crippen molar-refractivity contribution in [3.63, 3.8) is 0 Å². The molecule has 1 N–H and O–H groups in total. The SMILES string of the molecule is Cn1nc(C(=O)N[C@H]2CCCc3ccccc32)c2c1-c1cc(F)ccc1SC2. The second-order valence-electron chi connectivity index (χ2n) is 7.35. The first kappa shape index (κ1) is 17.5. The summed E-state index contributed by atoms with van der Waals surface area (Å²) in [5, 5.41) is 7.70. The smallest absolute Gasteiger partial charge is 0.272 e. The van der Waals surface area contributed by atoms with E-state index in [-0.39, 0.29) is 17.8 Å². The first-order valence-corrected chi connectivity index (χ1v) is 10.5. The maximum atomic E-state index is 13.8. The highest BCUT2D eigenvalue weighted by Crippen LogP contribution is 2.43. The Balaban J connectivity index is 1.49. The van der Waals surface area contributed by atoms with Crippen molar-refractivity contribution in [3.8, 4) is 11.3 Å². The molecule has 0 bridgehead atoms. The first-order valence-electron chi connectivity index (χ1n) is 9.49. The van der Waals surface area contributed by atoms with E-state index in [0.29, 0.717) is 11.4 Å². The van der Waals surface area contributed by atoms with Gasteiger partial charge in [0.2, 0.25) is 0 Å². The van der Waals surface area contributed by atoms with Crippen LogP contribution in [0.1, 0.15) is 46.1 Å². The number of hydrogen-bond acceptors (Lipinski definition) is 3. The zero-order valence-corrected chi connectivity index (χ0v) is 16.4. The van der Waals surface area contributed by atoms with Gasteiger partial charge in [0, 0.05) is 28.8 Å². The Bertz CT molecular complexity index is 1090. The number of carbonyl (C=O) groups excluding carboxylic acids is 1. The highest BCUT2D eigenvalue weighted by molar-refractivity contribution is 7.98. The zero-order chi connectivity index (χ0) is 19.3. The lowest BCUT2D eigenvalue weighted by Gasteiger charge is -2.26. The summed E-state index contributed by atoms with van der Waals surface area (Å²) in [5.74, 6) is 0.225. The molecule has 2 heterocycles. The first-order chi connectivity index (χ1) is 13.6. The lowest BCUT2D eigenvalue weighted by Crippen LogP contribution is -2.31. The van der Waals surface area contributed by atoms with Crippen LogP contribution in [0.2, 0.25) is 0 Å². The standard InChI is InChI=1S/C22H20FN3OS/c1-26-21-16-11-14(23)9-10-19(16)28-12-17(21)20(25-26)22(27)24-18-8-4-6-13-5-2-3-7-15(13)18/h2-3,5,7,9-11,18H,4,6,8,12H2,1H3,(H,24,27)/t18-/m0/s1. The van der Waals surface area contributed by atoms with Gasteiger partial charge in [-0.05, 0) is 48.6 Å². The summed E-state index contributed by atoms with van der Waals surface area (Å²) in [4.78, 5) is 14.1. The van der Waals surface area contributed by atoms with Crippen molar-refractivity contribution < 1.29 is 9.18 Å². The van der Waals surface area contributed by atoms with Gasteiger partial charge in [-0.3, -0.25) is 9.48 Å². The Morgan fingerprint density at radius 2 is 2.14 bits per heavy atom. The molecular formula is C22H20FN3OS. The van der Waals surface area contributed by atoms with E-state index in [1.807, 2.05) is 19.2 Å². The van der Waals surface area contributed by atoms with Crippen LogP contribution in [-0.4, -0.2) is 15.7 Å². The van der Waals surface area contributed by atoms with Crippen molar-refractivity contribution in [2.75, 3.05) is 0 Å². The highest BCUT2D eigenvalue weighted by Gasteiger charge is 2.30. The molecule has 0 spiro atoms. The van der Waals surface area contributed by atoms with E-state index in [2.05, 4.69) is 22.5 Å². The van der Waals surface area contributed by atoms with E-state index < -0.39 is 0 Å². The van der Waals surface area contributed by atoms with Crippen molar-refractivity contribution in [1.82, 2.24) is 15.1 Å². The van der Waals surface area contributed by atoms with Gasteiger partial charge in [-0.25, -0.2) is 4.39 Å². The third kappa shape index (κ3) is 2.83. The summed E-state index contributed by atoms with van der Waals surface area (Å²) < 4.78 is 15.5. The largest absolute Gasteiger partial charge is 0.344 e. The molecule has 1 aliphatic heterocycles. The van der Waals surface area contributed by atoms with Crippen molar-refractivity contribution in [2.45, 2.75) is 36.0 Å². The number of aryl methyl sites for hydroxylation is 2. The minimum atomic E-state index is -0.279. The van der Waals surface area contributed by atoms with Crippen LogP contribution in [0.5, 0.6) is 0 Å². The normalized spacial score (nSPS) is 17.4. The fourth-order valence-corrected chi connectivity index (χ4v) is 5.37. The maximum Gasteiger partial charge on any atom is 0.272 e. The van der Waals surface area contributed by atoms with Crippen LogP contribution in [-0.2, 0) is 19.2 Å². The number of rotatable bonds is 2. The molecule has 0 saturated heterocycles. The average Bonchev–Trinajstić information content (AvgIpc) is 3.05. The fraction of sp³-hybridized carbons (Fsp3) is 0.273. The molecule has 5 rings (SSSR count). The van der Waals surface area contributed by atoms with Crippen LogP contribution in [0.25, 0.3) is 11.3 Å². The molecule has 4 nitrogen and oxygen atoms in total. The molecular weight excluding hydrogens is 373 g/mol. The van der Waals surface area contributed by atoms with Gasteiger partial charge >= 0.3 is 0 Å². The Labute approximate surface area is 167 Å². The van der Waals surface area contributed by atoms with E-state index in [4.69, 9.17) is 0 Å². The number of thioether (sulfide) groups is 1. The molecule has 0 saturated carbocycles. The summed E-state index contributed by atoms with van der Waals surface area (Å²) in [6.45, 7) is 0. The lowest BCUT2D eigenvalue weighted by molar-refractivity contribution is 0.0926. The summed E-state index contributed by atoms with van der Waals surface area (Å²) in [7, 11) is 1.82. The van der Waals surface area contributed by atoms with Gasteiger partial charge < -0.3 is 5.32 Å². The predicted octanol–water partition coefficient (Wildman–Crippen LogP) is 4.64. The second kappa shape index (κ2) is 6.78. The number of carbonyl (C=O) groups is 1. The number of nitrogens with zero attached hydrogens (tertiary/aromatic N) is 2. The number of hydrogen-bond donors (Lipinski definition) is 1. The lowest BCUT2D eigenvalue weighted by atomic mass is 9.87. The van der Waals surface area contributed by atoms with Crippen LogP contribution in [0.4, 0.5) is 4.39 Å². The molecule has 0 radical (unpaired) electrons. The van der Waals surface area contributed by atoms with Crippen LogP contribution >= 0.6 is 11.8 Å². The molecule has 1 aromatic heterocycles. The zero-order valence-electron chi connectivity index (χ0n) is 15.5. The molecule has 2 aromatic carbocycles. The minimum Gasteiger partial charge on any atom is -0.344 e. The van der Waals surface area contributed by atoms with Crippen LogP contribution in [0, 0.1) is 5.82 Å². The van der Waals surface area contributed by atoms with Gasteiger partial charge in [0.25, 0.3) is 5.91 Å². The third-order valence-corrected chi connectivity index (χ3v) is 6.70. The molecule has 142 valence electrons. The van der Waals surface area contributed by atoms with Crippen molar-refractivity contribution in [1.29, 1.82) is 0 Å². The Morgan fingerprint density at radius 3 is 3.04 bits per heavy atom. The fourth-order valence-electron chi connectivity index (χ4n) is 4.32. The number of halogens is 1. The van der Waals surface area contributed by atoms with Gasteiger partial charge in [-0.15, -0.1) is 11.8 Å². The van der Waals surface area contributed by atoms with Gasteiger partial charge in [0.15, 0.2) is 5.69 Å². The van der Waals surface area contributed by atoms with Crippen LogP contribution < -0.4 is 5.32 Å². The van der Waals surface area contributed by atoms with Gasteiger partial charge in [-0.2, -0.15) is 5.10 Å². The number of fused-ring (bicyclic) bond motifs is 4. The molecule has 3 aromatic rings. The molecule has 1 aliphatic carbocycles. The van der Waals surface area contributed by atoms with E-state index in [1.54, 1.807) is 22.5 Å². The number of benzene rings is 2. The average molecular weight is 393 g/mol. The van der Waals surface area contributed by atoms with Crippen LogP contribution in [0.3, 0.4) is 0 Å². The van der Waals surface area contributed by atoms with Crippen LogP contribution in [0.15, 0.2) is 47.4 Å². The molecule has 28 heavy (non-hydrogen) atoms.